The maximum atomic E-state index is 12.9. The number of hydrogen-bond donors (Lipinski definition) is 0. The lowest BCUT2D eigenvalue weighted by molar-refractivity contribution is -0.167. The lowest BCUT2D eigenvalue weighted by Gasteiger charge is -2.18. The SMILES string of the molecule is CC/C=C\C/C=C\C/C=C\CCCCCCCCC(=O)OCC(COC(=O)CCCCCCCCCCCC/C=C\C=C/CCCCC)OC(=O)CCCCCCC\C=C/C=C\C=C/C=C\C=C/CCC. The second-order valence-corrected chi connectivity index (χ2v) is 19.0. The Kier molecular flexibility index (Phi) is 54.9. The van der Waals surface area contributed by atoms with Gasteiger partial charge in [-0.2, -0.15) is 0 Å². The minimum absolute atomic E-state index is 0.0976. The van der Waals surface area contributed by atoms with Gasteiger partial charge in [-0.15, -0.1) is 0 Å². The summed E-state index contributed by atoms with van der Waals surface area (Å²) in [6, 6.07) is 0. The maximum Gasteiger partial charge on any atom is 0.306 e. The van der Waals surface area contributed by atoms with Gasteiger partial charge >= 0.3 is 17.9 Å². The molecule has 0 saturated heterocycles. The number of ether oxygens (including phenoxy) is 3. The molecule has 402 valence electrons. The van der Waals surface area contributed by atoms with E-state index >= 15 is 0 Å². The van der Waals surface area contributed by atoms with Gasteiger partial charge in [0.25, 0.3) is 0 Å². The van der Waals surface area contributed by atoms with Gasteiger partial charge in [0.1, 0.15) is 13.2 Å². The van der Waals surface area contributed by atoms with Crippen LogP contribution in [0.1, 0.15) is 252 Å². The number of allylic oxidation sites excluding steroid dienone is 20. The summed E-state index contributed by atoms with van der Waals surface area (Å²) in [6.07, 6.45) is 80.3. The van der Waals surface area contributed by atoms with Crippen molar-refractivity contribution in [3.63, 3.8) is 0 Å². The highest BCUT2D eigenvalue weighted by Crippen LogP contribution is 2.15. The van der Waals surface area contributed by atoms with E-state index in [-0.39, 0.29) is 31.1 Å². The van der Waals surface area contributed by atoms with Crippen LogP contribution >= 0.6 is 0 Å². The summed E-state index contributed by atoms with van der Waals surface area (Å²) in [5.41, 5.74) is 0. The number of unbranched alkanes of at least 4 members (excludes halogenated alkanes) is 25. The van der Waals surface area contributed by atoms with Gasteiger partial charge < -0.3 is 14.2 Å². The van der Waals surface area contributed by atoms with Crippen molar-refractivity contribution in [1.29, 1.82) is 0 Å². The molecule has 0 heterocycles. The molecule has 0 spiro atoms. The maximum absolute atomic E-state index is 12.9. The van der Waals surface area contributed by atoms with Crippen molar-refractivity contribution in [2.75, 3.05) is 13.2 Å². The molecule has 71 heavy (non-hydrogen) atoms. The van der Waals surface area contributed by atoms with Crippen molar-refractivity contribution >= 4 is 17.9 Å². The summed E-state index contributed by atoms with van der Waals surface area (Å²) in [6.45, 7) is 6.38. The third kappa shape index (κ3) is 56.6. The number of hydrogen-bond acceptors (Lipinski definition) is 6. The predicted molar refractivity (Wildman–Crippen MR) is 306 cm³/mol. The zero-order valence-corrected chi connectivity index (χ0v) is 45.9. The van der Waals surface area contributed by atoms with E-state index in [4.69, 9.17) is 14.2 Å². The van der Waals surface area contributed by atoms with Crippen molar-refractivity contribution in [3.05, 3.63) is 122 Å². The Morgan fingerprint density at radius 3 is 1.06 bits per heavy atom. The molecule has 6 nitrogen and oxygen atoms in total. The molecule has 0 N–H and O–H groups in total. The van der Waals surface area contributed by atoms with Gasteiger partial charge in [-0.25, -0.2) is 0 Å². The van der Waals surface area contributed by atoms with Gasteiger partial charge in [0, 0.05) is 19.3 Å². The lowest BCUT2D eigenvalue weighted by Crippen LogP contribution is -2.30. The van der Waals surface area contributed by atoms with E-state index in [1.54, 1.807) is 0 Å². The number of rotatable bonds is 51. The number of esters is 3. The van der Waals surface area contributed by atoms with Crippen LogP contribution in [-0.4, -0.2) is 37.2 Å². The van der Waals surface area contributed by atoms with Crippen LogP contribution < -0.4 is 0 Å². The van der Waals surface area contributed by atoms with Crippen molar-refractivity contribution < 1.29 is 28.6 Å². The Labute approximate surface area is 437 Å². The standard InChI is InChI=1S/C65H106O6/c1-4-7-10-13-16-19-22-25-28-31-33-35-37-40-43-46-49-52-55-58-64(67)70-61-62(60-69-63(66)57-54-51-48-45-42-39-36-30-27-24-21-18-15-12-9-6-3)71-65(68)59-56-53-50-47-44-41-38-34-32-29-26-23-20-17-14-11-8-5-2/h9,11-12,14,16-23,25-27,29-30,32,34,38,62H,4-8,10,13,15,24,28,31,33,35-37,39-61H2,1-3H3/b12-9-,14-11-,19-16-,20-17-,21-18-,25-22-,26-23-,30-27-,32-29-,38-34-. The molecule has 0 aliphatic rings. The van der Waals surface area contributed by atoms with E-state index in [0.29, 0.717) is 19.3 Å². The van der Waals surface area contributed by atoms with Crippen LogP contribution in [0.4, 0.5) is 0 Å². The summed E-state index contributed by atoms with van der Waals surface area (Å²) in [4.78, 5) is 38.2. The molecular formula is C65H106O6. The van der Waals surface area contributed by atoms with Gasteiger partial charge in [-0.05, 0) is 96.3 Å². The Bertz CT molecular complexity index is 1500. The summed E-state index contributed by atoms with van der Waals surface area (Å²) >= 11 is 0. The Morgan fingerprint density at radius 2 is 0.634 bits per heavy atom. The third-order valence-electron chi connectivity index (χ3n) is 12.1. The first-order chi connectivity index (χ1) is 35.0. The number of carbonyl (C=O) groups excluding carboxylic acids is 3. The molecule has 0 radical (unpaired) electrons. The molecule has 0 aromatic heterocycles. The highest BCUT2D eigenvalue weighted by Gasteiger charge is 2.19. The molecule has 0 aliphatic carbocycles. The van der Waals surface area contributed by atoms with E-state index in [0.717, 1.165) is 116 Å². The van der Waals surface area contributed by atoms with Crippen LogP contribution in [0.2, 0.25) is 0 Å². The highest BCUT2D eigenvalue weighted by molar-refractivity contribution is 5.71. The summed E-state index contributed by atoms with van der Waals surface area (Å²) in [5, 5.41) is 0. The molecule has 6 heteroatoms. The molecule has 0 fully saturated rings. The van der Waals surface area contributed by atoms with Gasteiger partial charge in [0.2, 0.25) is 0 Å². The van der Waals surface area contributed by atoms with E-state index in [2.05, 4.69) is 118 Å². The molecule has 0 rings (SSSR count). The number of carbonyl (C=O) groups is 3. The highest BCUT2D eigenvalue weighted by atomic mass is 16.6. The minimum Gasteiger partial charge on any atom is -0.462 e. The van der Waals surface area contributed by atoms with E-state index in [9.17, 15) is 14.4 Å². The second-order valence-electron chi connectivity index (χ2n) is 19.0. The monoisotopic (exact) mass is 983 g/mol. The summed E-state index contributed by atoms with van der Waals surface area (Å²) in [7, 11) is 0. The topological polar surface area (TPSA) is 78.9 Å². The molecule has 0 aliphatic heterocycles. The van der Waals surface area contributed by atoms with Crippen LogP contribution in [0.15, 0.2) is 122 Å². The van der Waals surface area contributed by atoms with Crippen LogP contribution in [-0.2, 0) is 28.6 Å². The first-order valence-corrected chi connectivity index (χ1v) is 29.1. The van der Waals surface area contributed by atoms with Crippen molar-refractivity contribution in [2.45, 2.75) is 258 Å². The van der Waals surface area contributed by atoms with Crippen molar-refractivity contribution in [1.82, 2.24) is 0 Å². The normalized spacial score (nSPS) is 13.0. The molecule has 0 bridgehead atoms. The molecule has 0 amide bonds. The second kappa shape index (κ2) is 58.4. The lowest BCUT2D eigenvalue weighted by atomic mass is 10.1. The first-order valence-electron chi connectivity index (χ1n) is 29.1. The van der Waals surface area contributed by atoms with E-state index in [1.165, 1.54) is 96.3 Å². The quantitative estimate of drug-likeness (QED) is 0.0199. The summed E-state index contributed by atoms with van der Waals surface area (Å²) in [5.74, 6) is -0.939. The fraction of sp³-hybridized carbons (Fsp3) is 0.646. The van der Waals surface area contributed by atoms with Crippen LogP contribution in [0.5, 0.6) is 0 Å². The zero-order chi connectivity index (χ0) is 51.4. The smallest absolute Gasteiger partial charge is 0.306 e. The van der Waals surface area contributed by atoms with Crippen molar-refractivity contribution in [2.24, 2.45) is 0 Å². The Hall–Kier alpha value is -4.19. The van der Waals surface area contributed by atoms with E-state index < -0.39 is 6.10 Å². The summed E-state index contributed by atoms with van der Waals surface area (Å²) < 4.78 is 16.9. The molecule has 0 saturated carbocycles. The molecule has 0 aromatic carbocycles. The Balaban J connectivity index is 4.48. The first kappa shape index (κ1) is 66.8. The fourth-order valence-electron chi connectivity index (χ4n) is 7.71. The van der Waals surface area contributed by atoms with Crippen molar-refractivity contribution in [3.8, 4) is 0 Å². The predicted octanol–water partition coefficient (Wildman–Crippen LogP) is 19.6. The van der Waals surface area contributed by atoms with E-state index in [1.807, 2.05) is 24.3 Å². The van der Waals surface area contributed by atoms with Gasteiger partial charge in [0.15, 0.2) is 6.10 Å². The van der Waals surface area contributed by atoms with Gasteiger partial charge in [-0.3, -0.25) is 14.4 Å². The zero-order valence-electron chi connectivity index (χ0n) is 45.9. The molecule has 1 unspecified atom stereocenters. The Morgan fingerprint density at radius 1 is 0.310 bits per heavy atom. The largest absolute Gasteiger partial charge is 0.462 e. The van der Waals surface area contributed by atoms with Crippen LogP contribution in [0.3, 0.4) is 0 Å². The molecule has 0 aromatic rings. The minimum atomic E-state index is -0.803. The van der Waals surface area contributed by atoms with Gasteiger partial charge in [0.05, 0.1) is 0 Å². The average molecular weight is 984 g/mol. The average Bonchev–Trinajstić information content (AvgIpc) is 3.37. The third-order valence-corrected chi connectivity index (χ3v) is 12.1. The van der Waals surface area contributed by atoms with Crippen LogP contribution in [0.25, 0.3) is 0 Å². The fourth-order valence-corrected chi connectivity index (χ4v) is 7.71. The van der Waals surface area contributed by atoms with Crippen LogP contribution in [0, 0.1) is 0 Å². The molecular weight excluding hydrogens is 877 g/mol. The molecule has 1 atom stereocenters. The van der Waals surface area contributed by atoms with Gasteiger partial charge in [-0.1, -0.05) is 258 Å².